The molecule has 0 spiro atoms. The number of piperidine rings is 1. The van der Waals surface area contributed by atoms with Crippen LogP contribution in [0.1, 0.15) is 32.1 Å². The van der Waals surface area contributed by atoms with Crippen LogP contribution in [0, 0.1) is 5.82 Å². The van der Waals surface area contributed by atoms with E-state index in [2.05, 4.69) is 20.5 Å². The van der Waals surface area contributed by atoms with Gasteiger partial charge in [-0.15, -0.1) is 0 Å². The first kappa shape index (κ1) is 24.5. The molecule has 0 unspecified atom stereocenters. The highest BCUT2D eigenvalue weighted by atomic mass is 35.5. The fourth-order valence-electron chi connectivity index (χ4n) is 4.19. The van der Waals surface area contributed by atoms with Crippen LogP contribution >= 0.6 is 23.2 Å². The molecule has 1 amide bonds. The fourth-order valence-corrected chi connectivity index (χ4v) is 4.68. The van der Waals surface area contributed by atoms with Crippen molar-refractivity contribution in [1.29, 1.82) is 0 Å². The minimum absolute atomic E-state index is 0.0647. The van der Waals surface area contributed by atoms with Crippen LogP contribution in [0.4, 0.5) is 21.6 Å². The van der Waals surface area contributed by atoms with Crippen LogP contribution in [0.15, 0.2) is 36.5 Å². The third-order valence-electron chi connectivity index (χ3n) is 5.93. The quantitative estimate of drug-likeness (QED) is 0.336. The van der Waals surface area contributed by atoms with Gasteiger partial charge in [0.15, 0.2) is 5.82 Å². The first-order chi connectivity index (χ1) is 16.4. The number of nitrogens with zero attached hydrogens (tertiary/aromatic N) is 2. The van der Waals surface area contributed by atoms with E-state index in [9.17, 15) is 9.18 Å². The second-order valence-corrected chi connectivity index (χ2v) is 9.18. The number of hydrogen-bond acceptors (Lipinski definition) is 5. The molecule has 2 heterocycles. The Morgan fingerprint density at radius 1 is 1.15 bits per heavy atom. The predicted molar refractivity (Wildman–Crippen MR) is 136 cm³/mol. The molecule has 4 rings (SSSR count). The molecule has 0 radical (unpaired) electrons. The zero-order chi connectivity index (χ0) is 24.1. The SMILES string of the molecule is COc1cc2ccnc(Nc3cc(Cl)c(F)c(Cl)c3)c2cc1NC(=O)CCCN1CCCCC1. The average molecular weight is 505 g/mol. The van der Waals surface area contributed by atoms with Crippen molar-refractivity contribution in [1.82, 2.24) is 9.88 Å². The maximum Gasteiger partial charge on any atom is 0.224 e. The number of anilines is 3. The van der Waals surface area contributed by atoms with Crippen LogP contribution in [0.2, 0.25) is 10.0 Å². The Bertz CT molecular complexity index is 1160. The topological polar surface area (TPSA) is 66.5 Å². The molecule has 1 aliphatic heterocycles. The lowest BCUT2D eigenvalue weighted by molar-refractivity contribution is -0.116. The van der Waals surface area contributed by atoms with Crippen LogP contribution in [0.25, 0.3) is 10.8 Å². The number of benzene rings is 2. The summed E-state index contributed by atoms with van der Waals surface area (Å²) in [5.41, 5.74) is 1.06. The summed E-state index contributed by atoms with van der Waals surface area (Å²) in [6.45, 7) is 3.17. The summed E-state index contributed by atoms with van der Waals surface area (Å²) in [5.74, 6) is 0.335. The Balaban J connectivity index is 1.52. The number of fused-ring (bicyclic) bond motifs is 1. The van der Waals surface area contributed by atoms with Crippen LogP contribution < -0.4 is 15.4 Å². The molecule has 1 aliphatic rings. The first-order valence-electron chi connectivity index (χ1n) is 11.3. The van der Waals surface area contributed by atoms with Gasteiger partial charge in [-0.25, -0.2) is 9.37 Å². The number of nitrogens with one attached hydrogen (secondary N) is 2. The van der Waals surface area contributed by atoms with Crippen molar-refractivity contribution in [2.75, 3.05) is 37.4 Å². The normalized spacial score (nSPS) is 14.2. The zero-order valence-corrected chi connectivity index (χ0v) is 20.5. The molecule has 0 bridgehead atoms. The molecule has 1 fully saturated rings. The number of aromatic nitrogens is 1. The molecular formula is C25H27Cl2FN4O2. The molecule has 0 atom stereocenters. The molecule has 0 saturated carbocycles. The van der Waals surface area contributed by atoms with E-state index < -0.39 is 5.82 Å². The second kappa shape index (κ2) is 11.2. The number of rotatable bonds is 8. The van der Waals surface area contributed by atoms with Gasteiger partial charge in [-0.3, -0.25) is 4.79 Å². The molecule has 34 heavy (non-hydrogen) atoms. The highest BCUT2D eigenvalue weighted by Gasteiger charge is 2.15. The molecule has 1 aromatic heterocycles. The minimum atomic E-state index is -0.671. The number of halogens is 3. The lowest BCUT2D eigenvalue weighted by Crippen LogP contribution is -2.31. The molecule has 180 valence electrons. The van der Waals surface area contributed by atoms with Gasteiger partial charge in [-0.2, -0.15) is 0 Å². The molecular weight excluding hydrogens is 478 g/mol. The van der Waals surface area contributed by atoms with E-state index in [0.29, 0.717) is 29.4 Å². The number of carbonyl (C=O) groups excluding carboxylic acids is 1. The smallest absolute Gasteiger partial charge is 0.224 e. The number of pyridine rings is 1. The largest absolute Gasteiger partial charge is 0.495 e. The van der Waals surface area contributed by atoms with Crippen LogP contribution in [0.5, 0.6) is 5.75 Å². The van der Waals surface area contributed by atoms with Gasteiger partial charge in [-0.1, -0.05) is 29.6 Å². The van der Waals surface area contributed by atoms with Crippen molar-refractivity contribution < 1.29 is 13.9 Å². The monoisotopic (exact) mass is 504 g/mol. The maximum atomic E-state index is 13.8. The third-order valence-corrected chi connectivity index (χ3v) is 6.48. The summed E-state index contributed by atoms with van der Waals surface area (Å²) < 4.78 is 19.3. The zero-order valence-electron chi connectivity index (χ0n) is 19.0. The lowest BCUT2D eigenvalue weighted by Gasteiger charge is -2.26. The summed E-state index contributed by atoms with van der Waals surface area (Å²) in [7, 11) is 1.57. The highest BCUT2D eigenvalue weighted by molar-refractivity contribution is 6.35. The Morgan fingerprint density at radius 2 is 1.88 bits per heavy atom. The van der Waals surface area contributed by atoms with Crippen LogP contribution in [-0.2, 0) is 4.79 Å². The van der Waals surface area contributed by atoms with Gasteiger partial charge in [0.1, 0.15) is 11.6 Å². The number of ether oxygens (including phenoxy) is 1. The van der Waals surface area contributed by atoms with Crippen molar-refractivity contribution in [2.24, 2.45) is 0 Å². The fraction of sp³-hybridized carbons (Fsp3) is 0.360. The van der Waals surface area contributed by atoms with E-state index in [1.165, 1.54) is 31.4 Å². The molecule has 6 nitrogen and oxygen atoms in total. The number of likely N-dealkylation sites (tertiary alicyclic amines) is 1. The maximum absolute atomic E-state index is 13.8. The lowest BCUT2D eigenvalue weighted by atomic mass is 10.1. The molecule has 3 aromatic rings. The summed E-state index contributed by atoms with van der Waals surface area (Å²) >= 11 is 11.9. The third kappa shape index (κ3) is 5.90. The van der Waals surface area contributed by atoms with Gasteiger partial charge < -0.3 is 20.3 Å². The van der Waals surface area contributed by atoms with Gasteiger partial charge in [0.2, 0.25) is 5.91 Å². The summed E-state index contributed by atoms with van der Waals surface area (Å²) in [5, 5.41) is 7.55. The van der Waals surface area contributed by atoms with E-state index >= 15 is 0 Å². The molecule has 2 N–H and O–H groups in total. The Kier molecular flexibility index (Phi) is 8.08. The van der Waals surface area contributed by atoms with Crippen molar-refractivity contribution in [3.63, 3.8) is 0 Å². The van der Waals surface area contributed by atoms with Crippen molar-refractivity contribution >= 4 is 57.1 Å². The summed E-state index contributed by atoms with van der Waals surface area (Å²) in [4.78, 5) is 19.5. The second-order valence-electron chi connectivity index (χ2n) is 8.37. The number of carbonyl (C=O) groups is 1. The van der Waals surface area contributed by atoms with E-state index in [0.717, 1.165) is 36.8 Å². The van der Waals surface area contributed by atoms with E-state index in [1.807, 2.05) is 18.2 Å². The highest BCUT2D eigenvalue weighted by Crippen LogP contribution is 2.35. The molecule has 1 saturated heterocycles. The standard InChI is InChI=1S/C25H27Cl2FN4O2/c1-34-22-12-16-7-8-29-25(30-17-13-19(26)24(28)20(27)14-17)18(16)15-21(22)31-23(33)6-5-11-32-9-3-2-4-10-32/h7-8,12-15H,2-6,9-11H2,1H3,(H,29,30)(H,31,33). The van der Waals surface area contributed by atoms with Gasteiger partial charge in [-0.05, 0) is 74.6 Å². The Labute approximate surface area is 208 Å². The Morgan fingerprint density at radius 3 is 2.59 bits per heavy atom. The first-order valence-corrected chi connectivity index (χ1v) is 12.1. The summed E-state index contributed by atoms with van der Waals surface area (Å²) in [6.07, 6.45) is 6.66. The van der Waals surface area contributed by atoms with E-state index in [4.69, 9.17) is 27.9 Å². The van der Waals surface area contributed by atoms with Crippen molar-refractivity contribution in [2.45, 2.75) is 32.1 Å². The number of amides is 1. The molecule has 0 aliphatic carbocycles. The number of hydrogen-bond donors (Lipinski definition) is 2. The van der Waals surface area contributed by atoms with E-state index in [1.54, 1.807) is 13.3 Å². The van der Waals surface area contributed by atoms with Crippen LogP contribution in [-0.4, -0.2) is 42.5 Å². The van der Waals surface area contributed by atoms with E-state index in [-0.39, 0.29) is 16.0 Å². The van der Waals surface area contributed by atoms with Crippen LogP contribution in [0.3, 0.4) is 0 Å². The predicted octanol–water partition coefficient (Wildman–Crippen LogP) is 6.64. The Hall–Kier alpha value is -2.61. The minimum Gasteiger partial charge on any atom is -0.495 e. The van der Waals surface area contributed by atoms with Crippen molar-refractivity contribution in [3.05, 3.63) is 52.4 Å². The molecule has 9 heteroatoms. The van der Waals surface area contributed by atoms with Gasteiger partial charge in [0.05, 0.1) is 22.8 Å². The average Bonchev–Trinajstić information content (AvgIpc) is 2.83. The van der Waals surface area contributed by atoms with Gasteiger partial charge in [0.25, 0.3) is 0 Å². The number of methoxy groups -OCH3 is 1. The van der Waals surface area contributed by atoms with Crippen molar-refractivity contribution in [3.8, 4) is 5.75 Å². The molecule has 2 aromatic carbocycles. The van der Waals surface area contributed by atoms with Gasteiger partial charge >= 0.3 is 0 Å². The van der Waals surface area contributed by atoms with Gasteiger partial charge in [0, 0.05) is 23.7 Å². The summed E-state index contributed by atoms with van der Waals surface area (Å²) in [6, 6.07) is 8.39.